The van der Waals surface area contributed by atoms with Crippen molar-refractivity contribution in [2.45, 2.75) is 20.3 Å². The van der Waals surface area contributed by atoms with Gasteiger partial charge in [0.25, 0.3) is 0 Å². The number of esters is 1. The molecular weight excluding hydrogens is 428 g/mol. The van der Waals surface area contributed by atoms with E-state index in [9.17, 15) is 14.9 Å². The van der Waals surface area contributed by atoms with Crippen LogP contribution >= 0.6 is 0 Å². The lowest BCUT2D eigenvalue weighted by Gasteiger charge is -2.26. The number of rotatable bonds is 11. The van der Waals surface area contributed by atoms with E-state index >= 15 is 0 Å². The molecule has 1 aromatic heterocycles. The molecule has 1 aliphatic heterocycles. The van der Waals surface area contributed by atoms with Crippen LogP contribution in [0.4, 0.5) is 23.0 Å². The summed E-state index contributed by atoms with van der Waals surface area (Å²) >= 11 is 0. The molecule has 2 heterocycles. The molecule has 2 aromatic rings. The minimum atomic E-state index is -0.510. The lowest BCUT2D eigenvalue weighted by Crippen LogP contribution is -2.37. The summed E-state index contributed by atoms with van der Waals surface area (Å²) in [5.41, 5.74) is 0.723. The first-order valence-corrected chi connectivity index (χ1v) is 11.0. The summed E-state index contributed by atoms with van der Waals surface area (Å²) in [7, 11) is 0. The Kier molecular flexibility index (Phi) is 8.90. The largest absolute Gasteiger partial charge is 0.462 e. The van der Waals surface area contributed by atoms with Crippen LogP contribution in [0.2, 0.25) is 0 Å². The highest BCUT2D eigenvalue weighted by Gasteiger charge is 2.23. The van der Waals surface area contributed by atoms with Gasteiger partial charge in [0.05, 0.1) is 30.3 Å². The molecule has 1 aromatic carbocycles. The van der Waals surface area contributed by atoms with Gasteiger partial charge in [0.15, 0.2) is 0 Å². The van der Waals surface area contributed by atoms with E-state index in [1.807, 2.05) is 13.8 Å². The van der Waals surface area contributed by atoms with Crippen molar-refractivity contribution in [3.63, 3.8) is 0 Å². The molecule has 0 spiro atoms. The first-order valence-electron chi connectivity index (χ1n) is 11.0. The summed E-state index contributed by atoms with van der Waals surface area (Å²) in [5, 5.41) is 17.7. The number of morpholine rings is 1. The maximum atomic E-state index is 12.1. The minimum absolute atomic E-state index is 0.0702. The summed E-state index contributed by atoms with van der Waals surface area (Å²) in [5.74, 6) is 0.0661. The van der Waals surface area contributed by atoms with Gasteiger partial charge in [-0.2, -0.15) is 0 Å². The zero-order valence-corrected chi connectivity index (χ0v) is 19.0. The second kappa shape index (κ2) is 12.1. The van der Waals surface area contributed by atoms with Crippen molar-refractivity contribution in [2.75, 3.05) is 56.6 Å². The van der Waals surface area contributed by atoms with Gasteiger partial charge in [-0.05, 0) is 43.1 Å². The number of nitrogens with one attached hydrogen (secondary N) is 2. The maximum absolute atomic E-state index is 12.1. The van der Waals surface area contributed by atoms with Gasteiger partial charge in [-0.25, -0.2) is 14.8 Å². The number of nitrogens with zero attached hydrogens (tertiary/aromatic N) is 4. The Hall–Kier alpha value is -3.31. The SMILES string of the molecule is CC(C)COC(=O)c1ccc(Nc2ncnc(NCCCN3CCOCC3)c2[N+](=O)[O-])cc1. The quantitative estimate of drug-likeness (QED) is 0.224. The lowest BCUT2D eigenvalue weighted by atomic mass is 10.2. The Labute approximate surface area is 192 Å². The van der Waals surface area contributed by atoms with Gasteiger partial charge < -0.3 is 20.1 Å². The van der Waals surface area contributed by atoms with Crippen molar-refractivity contribution < 1.29 is 19.2 Å². The van der Waals surface area contributed by atoms with Crippen LogP contribution in [0.5, 0.6) is 0 Å². The molecule has 1 aliphatic rings. The van der Waals surface area contributed by atoms with Crippen LogP contribution in [0.25, 0.3) is 0 Å². The standard InChI is InChI=1S/C22H30N6O5/c1-16(2)14-33-22(29)17-4-6-18(7-5-17)26-21-19(28(30)31)20(24-15-25-21)23-8-3-9-27-10-12-32-13-11-27/h4-7,15-16H,3,8-14H2,1-2H3,(H2,23,24,25,26). The Morgan fingerprint density at radius 2 is 1.91 bits per heavy atom. The van der Waals surface area contributed by atoms with Crippen LogP contribution in [0.1, 0.15) is 30.6 Å². The highest BCUT2D eigenvalue weighted by atomic mass is 16.6. The molecule has 1 saturated heterocycles. The number of aromatic nitrogens is 2. The van der Waals surface area contributed by atoms with Gasteiger partial charge in [0.1, 0.15) is 6.33 Å². The summed E-state index contributed by atoms with van der Waals surface area (Å²) < 4.78 is 10.6. The third kappa shape index (κ3) is 7.36. The van der Waals surface area contributed by atoms with E-state index in [0.717, 1.165) is 39.3 Å². The molecule has 11 nitrogen and oxygen atoms in total. The fourth-order valence-corrected chi connectivity index (χ4v) is 3.26. The predicted octanol–water partition coefficient (Wildman–Crippen LogP) is 3.08. The lowest BCUT2D eigenvalue weighted by molar-refractivity contribution is -0.383. The molecule has 0 aliphatic carbocycles. The number of carbonyl (C=O) groups excluding carboxylic acids is 1. The number of hydrogen-bond donors (Lipinski definition) is 2. The van der Waals surface area contributed by atoms with Crippen molar-refractivity contribution in [3.8, 4) is 0 Å². The zero-order valence-electron chi connectivity index (χ0n) is 19.0. The molecule has 0 saturated carbocycles. The normalized spacial score (nSPS) is 14.2. The van der Waals surface area contributed by atoms with Gasteiger partial charge in [-0.15, -0.1) is 0 Å². The minimum Gasteiger partial charge on any atom is -0.462 e. The molecule has 3 rings (SSSR count). The fraction of sp³-hybridized carbons (Fsp3) is 0.500. The topological polar surface area (TPSA) is 132 Å². The predicted molar refractivity (Wildman–Crippen MR) is 124 cm³/mol. The Bertz CT molecular complexity index is 931. The van der Waals surface area contributed by atoms with Gasteiger partial charge in [-0.1, -0.05) is 13.8 Å². The van der Waals surface area contributed by atoms with E-state index < -0.39 is 10.9 Å². The summed E-state index contributed by atoms with van der Waals surface area (Å²) in [6.07, 6.45) is 2.09. The van der Waals surface area contributed by atoms with E-state index in [2.05, 4.69) is 25.5 Å². The first-order chi connectivity index (χ1) is 15.9. The molecule has 0 amide bonds. The fourth-order valence-electron chi connectivity index (χ4n) is 3.26. The Balaban J connectivity index is 1.61. The van der Waals surface area contributed by atoms with E-state index in [1.165, 1.54) is 6.33 Å². The van der Waals surface area contributed by atoms with E-state index in [0.29, 0.717) is 24.4 Å². The van der Waals surface area contributed by atoms with Crippen molar-refractivity contribution in [1.29, 1.82) is 0 Å². The van der Waals surface area contributed by atoms with Crippen LogP contribution in [0.3, 0.4) is 0 Å². The van der Waals surface area contributed by atoms with Crippen molar-refractivity contribution in [3.05, 3.63) is 46.3 Å². The second-order valence-electron chi connectivity index (χ2n) is 8.11. The Morgan fingerprint density at radius 3 is 2.58 bits per heavy atom. The first kappa shape index (κ1) is 24.3. The van der Waals surface area contributed by atoms with E-state index in [1.54, 1.807) is 24.3 Å². The summed E-state index contributed by atoms with van der Waals surface area (Å²) in [6.45, 7) is 8.96. The summed E-state index contributed by atoms with van der Waals surface area (Å²) in [4.78, 5) is 33.7. The molecule has 0 radical (unpaired) electrons. The summed E-state index contributed by atoms with van der Waals surface area (Å²) in [6, 6.07) is 6.49. The highest BCUT2D eigenvalue weighted by Crippen LogP contribution is 2.31. The van der Waals surface area contributed by atoms with Crippen molar-refractivity contribution in [2.24, 2.45) is 5.92 Å². The van der Waals surface area contributed by atoms with Crippen LogP contribution in [0, 0.1) is 16.0 Å². The van der Waals surface area contributed by atoms with Crippen molar-refractivity contribution in [1.82, 2.24) is 14.9 Å². The average molecular weight is 459 g/mol. The van der Waals surface area contributed by atoms with Crippen LogP contribution < -0.4 is 10.6 Å². The smallest absolute Gasteiger partial charge is 0.353 e. The third-order valence-corrected chi connectivity index (χ3v) is 4.98. The number of nitro groups is 1. The van der Waals surface area contributed by atoms with Crippen LogP contribution in [-0.4, -0.2) is 71.8 Å². The molecule has 2 N–H and O–H groups in total. The molecule has 178 valence electrons. The van der Waals surface area contributed by atoms with Crippen LogP contribution in [-0.2, 0) is 9.47 Å². The van der Waals surface area contributed by atoms with Crippen LogP contribution in [0.15, 0.2) is 30.6 Å². The molecule has 0 bridgehead atoms. The number of anilines is 3. The molecule has 33 heavy (non-hydrogen) atoms. The number of hydrogen-bond acceptors (Lipinski definition) is 10. The molecule has 11 heteroatoms. The average Bonchev–Trinajstić information content (AvgIpc) is 2.81. The molecule has 0 atom stereocenters. The zero-order chi connectivity index (χ0) is 23.6. The monoisotopic (exact) mass is 458 g/mol. The number of carbonyl (C=O) groups is 1. The van der Waals surface area contributed by atoms with Gasteiger partial charge in [-0.3, -0.25) is 15.0 Å². The Morgan fingerprint density at radius 1 is 1.21 bits per heavy atom. The van der Waals surface area contributed by atoms with Crippen molar-refractivity contribution >= 4 is 29.0 Å². The highest BCUT2D eigenvalue weighted by molar-refractivity contribution is 5.90. The van der Waals surface area contributed by atoms with Gasteiger partial charge in [0, 0.05) is 25.3 Å². The van der Waals surface area contributed by atoms with E-state index in [-0.39, 0.29) is 23.2 Å². The maximum Gasteiger partial charge on any atom is 0.353 e. The number of benzene rings is 1. The molecule has 1 fully saturated rings. The number of ether oxygens (including phenoxy) is 2. The molecule has 0 unspecified atom stereocenters. The van der Waals surface area contributed by atoms with Gasteiger partial charge >= 0.3 is 11.7 Å². The van der Waals surface area contributed by atoms with Gasteiger partial charge in [0.2, 0.25) is 11.6 Å². The third-order valence-electron chi connectivity index (χ3n) is 4.98. The second-order valence-corrected chi connectivity index (χ2v) is 8.11. The van der Waals surface area contributed by atoms with E-state index in [4.69, 9.17) is 9.47 Å². The molecular formula is C22H30N6O5.